The van der Waals surface area contributed by atoms with Crippen LogP contribution in [0, 0.1) is 0 Å². The lowest BCUT2D eigenvalue weighted by molar-refractivity contribution is -0.139. The van der Waals surface area contributed by atoms with E-state index in [2.05, 4.69) is 4.99 Å². The molecule has 0 fully saturated rings. The molecule has 1 aliphatic rings. The molecule has 0 aliphatic carbocycles. The third-order valence-corrected chi connectivity index (χ3v) is 8.46. The Morgan fingerprint density at radius 3 is 2.09 bits per heavy atom. The lowest BCUT2D eigenvalue weighted by Crippen LogP contribution is -2.36. The summed E-state index contributed by atoms with van der Waals surface area (Å²) in [6.07, 6.45) is -2.91. The highest BCUT2D eigenvalue weighted by atomic mass is 35.5. The van der Waals surface area contributed by atoms with Gasteiger partial charge >= 0.3 is 14.0 Å². The minimum atomic E-state index is -4.60. The first-order chi connectivity index (χ1) is 19.8. The average Bonchev–Trinajstić information content (AvgIpc) is 3.24. The van der Waals surface area contributed by atoms with Crippen molar-refractivity contribution in [3.8, 4) is 5.75 Å². The number of rotatable bonds is 13. The molecule has 0 bridgehead atoms. The van der Waals surface area contributed by atoms with Gasteiger partial charge in [-0.05, 0) is 103 Å². The van der Waals surface area contributed by atoms with Crippen LogP contribution in [0.15, 0.2) is 47.5 Å². The molecule has 240 valence electrons. The number of nitrogens with zero attached hydrogens (tertiary/aromatic N) is 1. The maximum Gasteiger partial charge on any atom is 0.475 e. The molecule has 0 aromatic heterocycles. The first-order valence-corrected chi connectivity index (χ1v) is 16.0. The number of benzene rings is 2. The van der Waals surface area contributed by atoms with Crippen molar-refractivity contribution in [2.24, 2.45) is 4.99 Å². The smallest absolute Gasteiger partial charge is 0.475 e. The fraction of sp³-hybridized carbons (Fsp3) is 0.581. The van der Waals surface area contributed by atoms with Gasteiger partial charge < -0.3 is 9.47 Å². The van der Waals surface area contributed by atoms with Crippen LogP contribution in [0.4, 0.5) is 13.2 Å². The van der Waals surface area contributed by atoms with Crippen LogP contribution in [0.25, 0.3) is 0 Å². The van der Waals surface area contributed by atoms with Crippen LogP contribution >= 0.6 is 19.4 Å². The van der Waals surface area contributed by atoms with Gasteiger partial charge in [0.05, 0.1) is 30.0 Å². The maximum atomic E-state index is 14.0. The number of aryl methyl sites for hydroxylation is 2. The normalized spacial score (nSPS) is 18.0. The summed E-state index contributed by atoms with van der Waals surface area (Å²) in [6, 6.07) is 11.4. The lowest BCUT2D eigenvalue weighted by atomic mass is 9.93. The highest BCUT2D eigenvalue weighted by molar-refractivity contribution is 7.48. The van der Waals surface area contributed by atoms with Crippen LogP contribution in [0.5, 0.6) is 5.75 Å². The quantitative estimate of drug-likeness (QED) is 0.159. The Hall–Kier alpha value is -2.10. The average molecular weight is 648 g/mol. The maximum absolute atomic E-state index is 14.0. The fourth-order valence-corrected chi connectivity index (χ4v) is 6.43. The second-order valence-electron chi connectivity index (χ2n) is 12.7. The third-order valence-electron chi connectivity index (χ3n) is 6.22. The molecule has 1 aliphatic heterocycles. The molecule has 1 heterocycles. The summed E-state index contributed by atoms with van der Waals surface area (Å²) in [5, 5.41) is 0.625. The van der Waals surface area contributed by atoms with Crippen molar-refractivity contribution in [2.75, 3.05) is 19.8 Å². The second-order valence-corrected chi connectivity index (χ2v) is 14.6. The Kier molecular flexibility index (Phi) is 11.4. The molecule has 7 nitrogen and oxygen atoms in total. The topological polar surface area (TPSA) is 75.6 Å². The van der Waals surface area contributed by atoms with Gasteiger partial charge in [-0.3, -0.25) is 13.6 Å². The number of hydrogen-bond acceptors (Lipinski definition) is 7. The van der Waals surface area contributed by atoms with E-state index in [-0.39, 0.29) is 38.4 Å². The molecule has 43 heavy (non-hydrogen) atoms. The summed E-state index contributed by atoms with van der Waals surface area (Å²) < 4.78 is 84.0. The Morgan fingerprint density at radius 2 is 1.56 bits per heavy atom. The molecular weight excluding hydrogens is 606 g/mol. The Balaban J connectivity index is 1.71. The molecule has 0 saturated carbocycles. The van der Waals surface area contributed by atoms with Crippen LogP contribution in [0.3, 0.4) is 0 Å². The number of hydrogen-bond donors (Lipinski definition) is 0. The van der Waals surface area contributed by atoms with Crippen molar-refractivity contribution < 1.29 is 40.8 Å². The van der Waals surface area contributed by atoms with E-state index in [1.165, 1.54) is 6.07 Å². The molecule has 3 rings (SSSR count). The van der Waals surface area contributed by atoms with Gasteiger partial charge in [0.15, 0.2) is 5.90 Å². The minimum Gasteiger partial charge on any atom is -0.493 e. The molecule has 2 aromatic rings. The van der Waals surface area contributed by atoms with E-state index in [1.54, 1.807) is 66.7 Å². The van der Waals surface area contributed by atoms with Crippen LogP contribution in [0.2, 0.25) is 5.02 Å². The molecule has 0 N–H and O–H groups in total. The Morgan fingerprint density at radius 1 is 0.953 bits per heavy atom. The Labute approximate surface area is 257 Å². The van der Waals surface area contributed by atoms with Crippen molar-refractivity contribution in [2.45, 2.75) is 97.1 Å². The molecule has 1 unspecified atom stereocenters. The summed E-state index contributed by atoms with van der Waals surface area (Å²) in [6.45, 7) is 12.2. The highest BCUT2D eigenvalue weighted by Crippen LogP contribution is 2.56. The first-order valence-electron chi connectivity index (χ1n) is 14.2. The van der Waals surface area contributed by atoms with Crippen molar-refractivity contribution in [3.63, 3.8) is 0 Å². The number of phosphoric ester groups is 1. The number of ether oxygens (including phenoxy) is 2. The summed E-state index contributed by atoms with van der Waals surface area (Å²) in [5.74, 6) is 0.188. The van der Waals surface area contributed by atoms with E-state index in [1.807, 2.05) is 12.1 Å². The zero-order chi connectivity index (χ0) is 32.1. The van der Waals surface area contributed by atoms with Crippen molar-refractivity contribution in [1.29, 1.82) is 0 Å². The van der Waals surface area contributed by atoms with E-state index in [9.17, 15) is 17.7 Å². The van der Waals surface area contributed by atoms with Gasteiger partial charge in [-0.2, -0.15) is 13.2 Å². The van der Waals surface area contributed by atoms with Crippen molar-refractivity contribution in [3.05, 3.63) is 64.2 Å². The molecule has 0 saturated heterocycles. The van der Waals surface area contributed by atoms with E-state index in [0.29, 0.717) is 29.3 Å². The van der Waals surface area contributed by atoms with E-state index >= 15 is 0 Å². The highest BCUT2D eigenvalue weighted by Gasteiger charge is 2.43. The summed E-state index contributed by atoms with van der Waals surface area (Å²) in [5.41, 5.74) is -2.01. The standard InChI is InChI=1S/C31H42ClF3NO6P/c1-22-36-30(20-39-22,21-40-43(37,41-28(2,3)4)42-29(5,6)7)17-16-24-12-15-27(26(19-24)31(33,34)35)38-18-8-9-23-10-13-25(32)14-11-23/h10-15,19H,8-9,16-18,20-21H2,1-7H3. The predicted molar refractivity (Wildman–Crippen MR) is 162 cm³/mol. The van der Waals surface area contributed by atoms with E-state index in [0.717, 1.165) is 11.6 Å². The van der Waals surface area contributed by atoms with Gasteiger partial charge in [-0.25, -0.2) is 9.56 Å². The predicted octanol–water partition coefficient (Wildman–Crippen LogP) is 9.25. The van der Waals surface area contributed by atoms with Gasteiger partial charge in [0, 0.05) is 11.9 Å². The molecule has 0 amide bonds. The largest absolute Gasteiger partial charge is 0.493 e. The van der Waals surface area contributed by atoms with E-state index in [4.69, 9.17) is 34.6 Å². The van der Waals surface area contributed by atoms with Crippen LogP contribution in [-0.2, 0) is 41.9 Å². The van der Waals surface area contributed by atoms with Gasteiger partial charge in [0.1, 0.15) is 17.9 Å². The van der Waals surface area contributed by atoms with Gasteiger partial charge in [0.2, 0.25) is 0 Å². The molecule has 0 radical (unpaired) electrons. The number of halogens is 4. The van der Waals surface area contributed by atoms with Crippen LogP contribution < -0.4 is 4.74 Å². The zero-order valence-electron chi connectivity index (χ0n) is 25.8. The molecule has 1 atom stereocenters. The van der Waals surface area contributed by atoms with E-state index < -0.39 is 36.3 Å². The molecule has 2 aromatic carbocycles. The second kappa shape index (κ2) is 13.9. The monoisotopic (exact) mass is 647 g/mol. The SMILES string of the molecule is CC1=NC(CCc2ccc(OCCCc3ccc(Cl)cc3)c(C(F)(F)F)c2)(COP(=O)(OC(C)(C)C)OC(C)(C)C)CO1. The number of phosphoric acid groups is 1. The first kappa shape index (κ1) is 35.4. The molecule has 12 heteroatoms. The van der Waals surface area contributed by atoms with Gasteiger partial charge in [-0.1, -0.05) is 29.8 Å². The molecular formula is C31H42ClF3NO6P. The van der Waals surface area contributed by atoms with Crippen LogP contribution in [0.1, 0.15) is 78.0 Å². The fourth-order valence-electron chi connectivity index (χ4n) is 4.42. The number of aliphatic imine (C=N–C) groups is 1. The summed E-state index contributed by atoms with van der Waals surface area (Å²) >= 11 is 5.90. The summed E-state index contributed by atoms with van der Waals surface area (Å²) in [7, 11) is -4.04. The minimum absolute atomic E-state index is 0.116. The van der Waals surface area contributed by atoms with Gasteiger partial charge in [0.25, 0.3) is 0 Å². The van der Waals surface area contributed by atoms with Crippen LogP contribution in [-0.4, -0.2) is 42.5 Å². The van der Waals surface area contributed by atoms with Gasteiger partial charge in [-0.15, -0.1) is 0 Å². The Bertz CT molecular complexity index is 1280. The zero-order valence-corrected chi connectivity index (χ0v) is 27.5. The molecule has 0 spiro atoms. The lowest BCUT2D eigenvalue weighted by Gasteiger charge is -2.33. The summed E-state index contributed by atoms with van der Waals surface area (Å²) in [4.78, 5) is 4.58. The van der Waals surface area contributed by atoms with Crippen molar-refractivity contribution in [1.82, 2.24) is 0 Å². The third kappa shape index (κ3) is 11.7. The van der Waals surface area contributed by atoms with Crippen molar-refractivity contribution >= 4 is 25.3 Å². The number of alkyl halides is 3.